The van der Waals surface area contributed by atoms with Crippen LogP contribution in [0.2, 0.25) is 5.02 Å². The Labute approximate surface area is 123 Å². The van der Waals surface area contributed by atoms with Crippen LogP contribution in [0.25, 0.3) is 0 Å². The van der Waals surface area contributed by atoms with Gasteiger partial charge in [0.1, 0.15) is 0 Å². The lowest BCUT2D eigenvalue weighted by molar-refractivity contribution is 0.949. The summed E-state index contributed by atoms with van der Waals surface area (Å²) < 4.78 is 1.01. The molecule has 0 radical (unpaired) electrons. The van der Waals surface area contributed by atoms with Gasteiger partial charge >= 0.3 is 0 Å². The summed E-state index contributed by atoms with van der Waals surface area (Å²) in [6.45, 7) is 0. The van der Waals surface area contributed by atoms with Crippen LogP contribution in [0.5, 0.6) is 0 Å². The molecule has 1 atom stereocenters. The van der Waals surface area contributed by atoms with Crippen molar-refractivity contribution in [1.29, 1.82) is 0 Å². The largest absolute Gasteiger partial charge is 0.0840 e. The normalized spacial score (nSPS) is 12.4. The minimum absolute atomic E-state index is 0.241. The maximum atomic E-state index is 6.23. The maximum Gasteiger partial charge on any atom is 0.0460 e. The third-order valence-corrected chi connectivity index (χ3v) is 4.20. The van der Waals surface area contributed by atoms with Crippen molar-refractivity contribution in [2.24, 2.45) is 0 Å². The first-order valence-corrected chi connectivity index (χ1v) is 7.38. The second kappa shape index (κ2) is 6.03. The number of halogens is 3. The highest BCUT2D eigenvalue weighted by molar-refractivity contribution is 9.10. The molecule has 17 heavy (non-hydrogen) atoms. The summed E-state index contributed by atoms with van der Waals surface area (Å²) in [5.74, 6) is 0. The summed E-state index contributed by atoms with van der Waals surface area (Å²) in [7, 11) is 0. The van der Waals surface area contributed by atoms with Crippen LogP contribution >= 0.6 is 43.5 Å². The Morgan fingerprint density at radius 1 is 1.06 bits per heavy atom. The minimum atomic E-state index is 0.241. The van der Waals surface area contributed by atoms with E-state index in [1.165, 1.54) is 5.56 Å². The summed E-state index contributed by atoms with van der Waals surface area (Å²) in [4.78, 5) is 0.241. The van der Waals surface area contributed by atoms with Crippen LogP contribution in [-0.4, -0.2) is 0 Å². The first-order valence-electron chi connectivity index (χ1n) is 5.30. The lowest BCUT2D eigenvalue weighted by Gasteiger charge is -2.12. The molecule has 0 fully saturated rings. The summed E-state index contributed by atoms with van der Waals surface area (Å²) in [5.41, 5.74) is 2.42. The van der Waals surface area contributed by atoms with Crippen molar-refractivity contribution in [2.75, 3.05) is 0 Å². The molecule has 0 amide bonds. The quantitative estimate of drug-likeness (QED) is 0.597. The summed E-state index contributed by atoms with van der Waals surface area (Å²) in [6.07, 6.45) is 0.933. The van der Waals surface area contributed by atoms with Crippen molar-refractivity contribution in [1.82, 2.24) is 0 Å². The molecule has 2 aromatic rings. The predicted molar refractivity (Wildman–Crippen MR) is 81.0 cm³/mol. The molecule has 3 heteroatoms. The summed E-state index contributed by atoms with van der Waals surface area (Å²) in [6, 6.07) is 16.4. The maximum absolute atomic E-state index is 6.23. The predicted octanol–water partition coefficient (Wildman–Crippen LogP) is 5.78. The van der Waals surface area contributed by atoms with Gasteiger partial charge in [-0.2, -0.15) is 0 Å². The molecule has 0 aliphatic rings. The van der Waals surface area contributed by atoms with Gasteiger partial charge in [-0.3, -0.25) is 0 Å². The SMILES string of the molecule is Clc1cc(Br)ccc1C(Br)Cc1ccccc1. The number of alkyl halides is 1. The topological polar surface area (TPSA) is 0 Å². The van der Waals surface area contributed by atoms with E-state index in [0.717, 1.165) is 21.5 Å². The summed E-state index contributed by atoms with van der Waals surface area (Å²) >= 11 is 13.3. The number of hydrogen-bond donors (Lipinski definition) is 0. The van der Waals surface area contributed by atoms with Gasteiger partial charge < -0.3 is 0 Å². The van der Waals surface area contributed by atoms with Crippen molar-refractivity contribution in [3.63, 3.8) is 0 Å². The molecule has 0 nitrogen and oxygen atoms in total. The highest BCUT2D eigenvalue weighted by Crippen LogP contribution is 2.33. The molecule has 0 aliphatic heterocycles. The van der Waals surface area contributed by atoms with Crippen molar-refractivity contribution >= 4 is 43.5 Å². The van der Waals surface area contributed by atoms with Gasteiger partial charge in [0, 0.05) is 14.3 Å². The lowest BCUT2D eigenvalue weighted by Crippen LogP contribution is -1.96. The van der Waals surface area contributed by atoms with Crippen LogP contribution in [-0.2, 0) is 6.42 Å². The van der Waals surface area contributed by atoms with Crippen molar-refractivity contribution in [3.8, 4) is 0 Å². The zero-order chi connectivity index (χ0) is 12.3. The molecule has 0 saturated carbocycles. The van der Waals surface area contributed by atoms with Gasteiger partial charge in [0.2, 0.25) is 0 Å². The average Bonchev–Trinajstić information content (AvgIpc) is 2.30. The standard InChI is InChI=1S/C14H11Br2Cl/c15-11-6-7-12(14(17)9-11)13(16)8-10-4-2-1-3-5-10/h1-7,9,13H,8H2. The molecule has 2 rings (SSSR count). The van der Waals surface area contributed by atoms with E-state index in [9.17, 15) is 0 Å². The minimum Gasteiger partial charge on any atom is -0.0840 e. The third kappa shape index (κ3) is 3.57. The van der Waals surface area contributed by atoms with Crippen LogP contribution in [0.15, 0.2) is 53.0 Å². The van der Waals surface area contributed by atoms with Crippen molar-refractivity contribution < 1.29 is 0 Å². The first-order chi connectivity index (χ1) is 8.16. The van der Waals surface area contributed by atoms with E-state index in [-0.39, 0.29) is 4.83 Å². The molecule has 0 N–H and O–H groups in total. The Morgan fingerprint density at radius 2 is 1.76 bits per heavy atom. The second-order valence-electron chi connectivity index (χ2n) is 3.82. The molecular weight excluding hydrogens is 363 g/mol. The molecule has 0 heterocycles. The van der Waals surface area contributed by atoms with Crippen LogP contribution < -0.4 is 0 Å². The fourth-order valence-electron chi connectivity index (χ4n) is 1.69. The van der Waals surface area contributed by atoms with E-state index in [2.05, 4.69) is 62.2 Å². The molecule has 0 spiro atoms. The Balaban J connectivity index is 2.17. The number of hydrogen-bond acceptors (Lipinski definition) is 0. The molecule has 1 unspecified atom stereocenters. The third-order valence-electron chi connectivity index (χ3n) is 2.56. The van der Waals surface area contributed by atoms with Gasteiger partial charge in [-0.05, 0) is 29.7 Å². The summed E-state index contributed by atoms with van der Waals surface area (Å²) in [5, 5.41) is 0.789. The van der Waals surface area contributed by atoms with Gasteiger partial charge in [-0.1, -0.05) is 79.9 Å². The lowest BCUT2D eigenvalue weighted by atomic mass is 10.0. The van der Waals surface area contributed by atoms with Gasteiger partial charge in [-0.15, -0.1) is 0 Å². The highest BCUT2D eigenvalue weighted by Gasteiger charge is 2.12. The van der Waals surface area contributed by atoms with Crippen LogP contribution in [0.1, 0.15) is 16.0 Å². The fourth-order valence-corrected chi connectivity index (χ4v) is 3.40. The van der Waals surface area contributed by atoms with E-state index >= 15 is 0 Å². The zero-order valence-electron chi connectivity index (χ0n) is 9.04. The molecule has 0 aromatic heterocycles. The van der Waals surface area contributed by atoms with E-state index in [4.69, 9.17) is 11.6 Å². The van der Waals surface area contributed by atoms with Gasteiger partial charge in [0.25, 0.3) is 0 Å². The van der Waals surface area contributed by atoms with E-state index in [1.54, 1.807) is 0 Å². The van der Waals surface area contributed by atoms with Crippen LogP contribution in [0, 0.1) is 0 Å². The molecule has 0 aliphatic carbocycles. The van der Waals surface area contributed by atoms with E-state index in [1.807, 2.05) is 18.2 Å². The highest BCUT2D eigenvalue weighted by atomic mass is 79.9. The van der Waals surface area contributed by atoms with Crippen LogP contribution in [0.3, 0.4) is 0 Å². The second-order valence-corrected chi connectivity index (χ2v) is 6.25. The number of rotatable bonds is 3. The Hall–Kier alpha value is -0.310. The van der Waals surface area contributed by atoms with Crippen molar-refractivity contribution in [3.05, 3.63) is 69.2 Å². The molecule has 0 saturated heterocycles. The molecule has 0 bridgehead atoms. The average molecular weight is 375 g/mol. The van der Waals surface area contributed by atoms with E-state index < -0.39 is 0 Å². The zero-order valence-corrected chi connectivity index (χ0v) is 13.0. The Kier molecular flexibility index (Phi) is 4.66. The van der Waals surface area contributed by atoms with Crippen molar-refractivity contribution in [2.45, 2.75) is 11.2 Å². The van der Waals surface area contributed by atoms with Gasteiger partial charge in [-0.25, -0.2) is 0 Å². The van der Waals surface area contributed by atoms with Gasteiger partial charge in [0.15, 0.2) is 0 Å². The first kappa shape index (κ1) is 13.1. The molecule has 88 valence electrons. The van der Waals surface area contributed by atoms with Gasteiger partial charge in [0.05, 0.1) is 0 Å². The fraction of sp³-hybridized carbons (Fsp3) is 0.143. The smallest absolute Gasteiger partial charge is 0.0460 e. The van der Waals surface area contributed by atoms with E-state index in [0.29, 0.717) is 0 Å². The Morgan fingerprint density at radius 3 is 2.41 bits per heavy atom. The Bertz CT molecular complexity index is 497. The molecule has 2 aromatic carbocycles. The number of benzene rings is 2. The monoisotopic (exact) mass is 372 g/mol. The molecular formula is C14H11Br2Cl. The van der Waals surface area contributed by atoms with Crippen LogP contribution in [0.4, 0.5) is 0 Å².